The number of amides is 1. The number of methoxy groups -OCH3 is 1. The second kappa shape index (κ2) is 10.3. The van der Waals surface area contributed by atoms with Crippen LogP contribution in [0.25, 0.3) is 0 Å². The molecule has 25 heavy (non-hydrogen) atoms. The van der Waals surface area contributed by atoms with Crippen molar-refractivity contribution in [3.63, 3.8) is 0 Å². The second-order valence-electron chi connectivity index (χ2n) is 5.67. The van der Waals surface area contributed by atoms with Gasteiger partial charge < -0.3 is 14.8 Å². The van der Waals surface area contributed by atoms with Crippen molar-refractivity contribution < 1.29 is 18.7 Å². The molecular weight excluding hydrogens is 321 g/mol. The van der Waals surface area contributed by atoms with Crippen LogP contribution in [0, 0.1) is 5.82 Å². The van der Waals surface area contributed by atoms with Gasteiger partial charge in [-0.25, -0.2) is 4.39 Å². The average molecular weight is 345 g/mol. The zero-order valence-electron chi connectivity index (χ0n) is 14.5. The van der Waals surface area contributed by atoms with Gasteiger partial charge in [-0.05, 0) is 55.2 Å². The van der Waals surface area contributed by atoms with E-state index in [1.165, 1.54) is 12.1 Å². The summed E-state index contributed by atoms with van der Waals surface area (Å²) >= 11 is 0. The van der Waals surface area contributed by atoms with E-state index in [2.05, 4.69) is 5.32 Å². The first-order chi connectivity index (χ1) is 12.2. The number of nitrogens with one attached hydrogen (secondary N) is 1. The molecule has 0 fully saturated rings. The van der Waals surface area contributed by atoms with Gasteiger partial charge in [-0.1, -0.05) is 18.2 Å². The molecule has 2 aromatic rings. The topological polar surface area (TPSA) is 47.6 Å². The molecule has 134 valence electrons. The molecule has 0 aliphatic heterocycles. The Kier molecular flexibility index (Phi) is 7.76. The zero-order valence-corrected chi connectivity index (χ0v) is 14.5. The van der Waals surface area contributed by atoms with Crippen LogP contribution < -0.4 is 14.8 Å². The molecule has 0 aliphatic carbocycles. The molecule has 0 atom stereocenters. The minimum Gasteiger partial charge on any atom is -0.496 e. The minimum absolute atomic E-state index is 0.0164. The summed E-state index contributed by atoms with van der Waals surface area (Å²) in [6, 6.07) is 13.8. The molecule has 5 heteroatoms. The number of para-hydroxylation sites is 1. The predicted octanol–water partition coefficient (Wildman–Crippen LogP) is 3.74. The van der Waals surface area contributed by atoms with E-state index in [4.69, 9.17) is 9.47 Å². The highest BCUT2D eigenvalue weighted by Crippen LogP contribution is 2.18. The van der Waals surface area contributed by atoms with Gasteiger partial charge in [-0.15, -0.1) is 0 Å². The lowest BCUT2D eigenvalue weighted by Gasteiger charge is -2.09. The Bertz CT molecular complexity index is 658. The molecule has 0 aromatic heterocycles. The lowest BCUT2D eigenvalue weighted by atomic mass is 10.1. The molecule has 0 bridgehead atoms. The standard InChI is InChI=1S/C20H24FNO3/c1-24-19-8-3-2-6-16(19)7-4-14-22-20(23)9-5-15-25-18-12-10-17(21)11-13-18/h2-3,6,8,10-13H,4-5,7,9,14-15H2,1H3,(H,22,23). The lowest BCUT2D eigenvalue weighted by molar-refractivity contribution is -0.121. The van der Waals surface area contributed by atoms with E-state index >= 15 is 0 Å². The number of carbonyl (C=O) groups is 1. The van der Waals surface area contributed by atoms with E-state index in [-0.39, 0.29) is 11.7 Å². The number of halogens is 1. The molecule has 2 aromatic carbocycles. The first-order valence-corrected chi connectivity index (χ1v) is 8.46. The van der Waals surface area contributed by atoms with E-state index in [0.29, 0.717) is 31.7 Å². The molecule has 0 saturated heterocycles. The highest BCUT2D eigenvalue weighted by atomic mass is 19.1. The Morgan fingerprint density at radius 1 is 1.08 bits per heavy atom. The van der Waals surface area contributed by atoms with Crippen molar-refractivity contribution in [2.24, 2.45) is 0 Å². The van der Waals surface area contributed by atoms with Crippen molar-refractivity contribution in [1.82, 2.24) is 5.32 Å². The van der Waals surface area contributed by atoms with Crippen molar-refractivity contribution in [2.75, 3.05) is 20.3 Å². The fourth-order valence-corrected chi connectivity index (χ4v) is 2.46. The number of aryl methyl sites for hydroxylation is 1. The first kappa shape index (κ1) is 18.8. The molecule has 0 aliphatic rings. The fraction of sp³-hybridized carbons (Fsp3) is 0.350. The third-order valence-electron chi connectivity index (χ3n) is 3.77. The van der Waals surface area contributed by atoms with E-state index in [9.17, 15) is 9.18 Å². The van der Waals surface area contributed by atoms with Gasteiger partial charge in [0.25, 0.3) is 0 Å². The number of hydrogen-bond acceptors (Lipinski definition) is 3. The second-order valence-corrected chi connectivity index (χ2v) is 5.67. The van der Waals surface area contributed by atoms with Crippen LogP contribution in [0.1, 0.15) is 24.8 Å². The number of rotatable bonds is 10. The van der Waals surface area contributed by atoms with Crippen LogP contribution in [-0.2, 0) is 11.2 Å². The van der Waals surface area contributed by atoms with Crippen LogP contribution in [0.5, 0.6) is 11.5 Å². The highest BCUT2D eigenvalue weighted by molar-refractivity contribution is 5.75. The highest BCUT2D eigenvalue weighted by Gasteiger charge is 2.04. The fourth-order valence-electron chi connectivity index (χ4n) is 2.46. The normalized spacial score (nSPS) is 10.3. The molecule has 2 rings (SSSR count). The average Bonchev–Trinajstić information content (AvgIpc) is 2.64. The molecule has 0 radical (unpaired) electrons. The predicted molar refractivity (Wildman–Crippen MR) is 95.5 cm³/mol. The number of ether oxygens (including phenoxy) is 2. The van der Waals surface area contributed by atoms with Crippen LogP contribution in [0.15, 0.2) is 48.5 Å². The van der Waals surface area contributed by atoms with Crippen LogP contribution in [0.2, 0.25) is 0 Å². The molecule has 0 saturated carbocycles. The van der Waals surface area contributed by atoms with Crippen molar-refractivity contribution in [2.45, 2.75) is 25.7 Å². The van der Waals surface area contributed by atoms with Crippen LogP contribution >= 0.6 is 0 Å². The van der Waals surface area contributed by atoms with Crippen molar-refractivity contribution in [1.29, 1.82) is 0 Å². The van der Waals surface area contributed by atoms with E-state index in [1.54, 1.807) is 19.2 Å². The summed E-state index contributed by atoms with van der Waals surface area (Å²) in [6.45, 7) is 1.07. The summed E-state index contributed by atoms with van der Waals surface area (Å²) in [5, 5.41) is 2.91. The maximum absolute atomic E-state index is 12.8. The smallest absolute Gasteiger partial charge is 0.220 e. The first-order valence-electron chi connectivity index (χ1n) is 8.46. The third kappa shape index (κ3) is 6.83. The van der Waals surface area contributed by atoms with Crippen molar-refractivity contribution in [3.8, 4) is 11.5 Å². The summed E-state index contributed by atoms with van der Waals surface area (Å²) in [5.41, 5.74) is 1.15. The molecule has 0 spiro atoms. The Morgan fingerprint density at radius 2 is 1.84 bits per heavy atom. The van der Waals surface area contributed by atoms with Gasteiger partial charge in [0.05, 0.1) is 13.7 Å². The summed E-state index contributed by atoms with van der Waals surface area (Å²) in [6.07, 6.45) is 2.75. The van der Waals surface area contributed by atoms with Gasteiger partial charge in [0.15, 0.2) is 0 Å². The molecule has 1 amide bonds. The van der Waals surface area contributed by atoms with Gasteiger partial charge in [0.1, 0.15) is 17.3 Å². The van der Waals surface area contributed by atoms with E-state index in [0.717, 1.165) is 24.2 Å². The van der Waals surface area contributed by atoms with Gasteiger partial charge >= 0.3 is 0 Å². The van der Waals surface area contributed by atoms with Gasteiger partial charge in [0, 0.05) is 13.0 Å². The minimum atomic E-state index is -0.292. The number of hydrogen-bond donors (Lipinski definition) is 1. The lowest BCUT2D eigenvalue weighted by Crippen LogP contribution is -2.24. The summed E-state index contributed by atoms with van der Waals surface area (Å²) in [7, 11) is 1.66. The van der Waals surface area contributed by atoms with Crippen LogP contribution in [0.3, 0.4) is 0 Å². The monoisotopic (exact) mass is 345 g/mol. The molecular formula is C20H24FNO3. The van der Waals surface area contributed by atoms with Crippen molar-refractivity contribution >= 4 is 5.91 Å². The Morgan fingerprint density at radius 3 is 2.60 bits per heavy atom. The Balaban J connectivity index is 1.56. The SMILES string of the molecule is COc1ccccc1CCCNC(=O)CCCOc1ccc(F)cc1. The number of benzene rings is 2. The molecule has 0 unspecified atom stereocenters. The Labute approximate surface area is 148 Å². The van der Waals surface area contributed by atoms with Gasteiger partial charge in [-0.3, -0.25) is 4.79 Å². The van der Waals surface area contributed by atoms with Gasteiger partial charge in [-0.2, -0.15) is 0 Å². The van der Waals surface area contributed by atoms with Crippen LogP contribution in [0.4, 0.5) is 4.39 Å². The van der Waals surface area contributed by atoms with Crippen molar-refractivity contribution in [3.05, 3.63) is 59.9 Å². The third-order valence-corrected chi connectivity index (χ3v) is 3.77. The summed E-state index contributed by atoms with van der Waals surface area (Å²) in [4.78, 5) is 11.8. The van der Waals surface area contributed by atoms with E-state index < -0.39 is 0 Å². The molecule has 0 heterocycles. The number of carbonyl (C=O) groups excluding carboxylic acids is 1. The quantitative estimate of drug-likeness (QED) is 0.667. The largest absolute Gasteiger partial charge is 0.496 e. The van der Waals surface area contributed by atoms with E-state index in [1.807, 2.05) is 24.3 Å². The van der Waals surface area contributed by atoms with Gasteiger partial charge in [0.2, 0.25) is 5.91 Å². The summed E-state index contributed by atoms with van der Waals surface area (Å²) < 4.78 is 23.5. The molecule has 4 nitrogen and oxygen atoms in total. The summed E-state index contributed by atoms with van der Waals surface area (Å²) in [5.74, 6) is 1.22. The maximum Gasteiger partial charge on any atom is 0.220 e. The molecule has 1 N–H and O–H groups in total. The Hall–Kier alpha value is -2.56. The maximum atomic E-state index is 12.8. The van der Waals surface area contributed by atoms with Crippen LogP contribution in [-0.4, -0.2) is 26.2 Å². The zero-order chi connectivity index (χ0) is 17.9.